The maximum absolute atomic E-state index is 5.82. The molecule has 0 spiro atoms. The molecule has 2 rings (SSSR count). The first-order chi connectivity index (χ1) is 7.72. The van der Waals surface area contributed by atoms with Crippen molar-refractivity contribution in [3.05, 3.63) is 28.5 Å². The van der Waals surface area contributed by atoms with Crippen LogP contribution in [0.15, 0.2) is 22.7 Å². The zero-order chi connectivity index (χ0) is 11.5. The molecule has 0 unspecified atom stereocenters. The van der Waals surface area contributed by atoms with Gasteiger partial charge in [0.25, 0.3) is 0 Å². The maximum Gasteiger partial charge on any atom is 0.156 e. The van der Waals surface area contributed by atoms with Crippen molar-refractivity contribution in [3.63, 3.8) is 0 Å². The zero-order valence-electron chi connectivity index (χ0n) is 8.89. The van der Waals surface area contributed by atoms with Crippen molar-refractivity contribution in [2.45, 2.75) is 19.8 Å². The summed E-state index contributed by atoms with van der Waals surface area (Å²) in [4.78, 5) is 0. The second-order valence-corrected chi connectivity index (χ2v) is 4.32. The van der Waals surface area contributed by atoms with E-state index in [1.807, 2.05) is 18.2 Å². The quantitative estimate of drug-likeness (QED) is 0.874. The number of nitrogens with two attached hydrogens (primary N) is 1. The van der Waals surface area contributed by atoms with Gasteiger partial charge in [0, 0.05) is 16.6 Å². The molecule has 0 saturated carbocycles. The Morgan fingerprint density at radius 3 is 2.94 bits per heavy atom. The van der Waals surface area contributed by atoms with Gasteiger partial charge >= 0.3 is 0 Å². The van der Waals surface area contributed by atoms with Crippen LogP contribution in [0.3, 0.4) is 0 Å². The van der Waals surface area contributed by atoms with E-state index in [4.69, 9.17) is 5.73 Å². The Balaban J connectivity index is 2.42. The number of rotatable bonds is 3. The van der Waals surface area contributed by atoms with Gasteiger partial charge in [-0.2, -0.15) is 4.68 Å². The van der Waals surface area contributed by atoms with Crippen LogP contribution < -0.4 is 5.73 Å². The van der Waals surface area contributed by atoms with Crippen LogP contribution in [0.1, 0.15) is 19.2 Å². The molecule has 0 saturated heterocycles. The molecule has 0 aliphatic heterocycles. The number of aryl methyl sites for hydroxylation is 1. The highest BCUT2D eigenvalue weighted by atomic mass is 79.9. The Bertz CT molecular complexity index is 494. The minimum absolute atomic E-state index is 0.676. The van der Waals surface area contributed by atoms with Crippen molar-refractivity contribution in [1.29, 1.82) is 0 Å². The first-order valence-electron chi connectivity index (χ1n) is 5.05. The lowest BCUT2D eigenvalue weighted by Gasteiger charge is -2.05. The largest absolute Gasteiger partial charge is 0.398 e. The summed E-state index contributed by atoms with van der Waals surface area (Å²) in [5.74, 6) is 0.851. The zero-order valence-corrected chi connectivity index (χ0v) is 10.5. The van der Waals surface area contributed by atoms with E-state index in [-0.39, 0.29) is 0 Å². The summed E-state index contributed by atoms with van der Waals surface area (Å²) >= 11 is 3.36. The topological polar surface area (TPSA) is 69.6 Å². The number of tetrazole rings is 1. The summed E-state index contributed by atoms with van der Waals surface area (Å²) in [6.45, 7) is 2.09. The molecule has 16 heavy (non-hydrogen) atoms. The summed E-state index contributed by atoms with van der Waals surface area (Å²) in [5.41, 5.74) is 7.38. The van der Waals surface area contributed by atoms with Crippen molar-refractivity contribution in [2.75, 3.05) is 5.73 Å². The third-order valence-corrected chi connectivity index (χ3v) is 2.95. The molecule has 0 atom stereocenters. The number of hydrogen-bond donors (Lipinski definition) is 1. The first-order valence-corrected chi connectivity index (χ1v) is 5.84. The van der Waals surface area contributed by atoms with Gasteiger partial charge in [-0.15, -0.1) is 5.10 Å². The summed E-state index contributed by atoms with van der Waals surface area (Å²) in [6, 6.07) is 5.66. The molecule has 1 aromatic carbocycles. The monoisotopic (exact) mass is 281 g/mol. The van der Waals surface area contributed by atoms with Gasteiger partial charge in [-0.3, -0.25) is 0 Å². The molecule has 6 heteroatoms. The number of halogens is 1. The fraction of sp³-hybridized carbons (Fsp3) is 0.300. The second kappa shape index (κ2) is 4.61. The van der Waals surface area contributed by atoms with Gasteiger partial charge in [0.1, 0.15) is 0 Å². The van der Waals surface area contributed by atoms with E-state index in [0.717, 1.165) is 28.8 Å². The predicted octanol–water partition coefficient (Wildman–Crippen LogP) is 1.96. The van der Waals surface area contributed by atoms with Crippen LogP contribution in [0, 0.1) is 0 Å². The van der Waals surface area contributed by atoms with Crippen LogP contribution in [-0.4, -0.2) is 20.2 Å². The molecule has 0 fully saturated rings. The Morgan fingerprint density at radius 2 is 2.25 bits per heavy atom. The fourth-order valence-corrected chi connectivity index (χ4v) is 1.70. The van der Waals surface area contributed by atoms with Gasteiger partial charge in [0.2, 0.25) is 0 Å². The van der Waals surface area contributed by atoms with Gasteiger partial charge in [0.15, 0.2) is 5.82 Å². The highest BCUT2D eigenvalue weighted by Crippen LogP contribution is 2.22. The first kappa shape index (κ1) is 11.1. The minimum Gasteiger partial charge on any atom is -0.398 e. The molecule has 2 aromatic rings. The highest BCUT2D eigenvalue weighted by molar-refractivity contribution is 9.10. The van der Waals surface area contributed by atoms with E-state index in [9.17, 15) is 0 Å². The van der Waals surface area contributed by atoms with Crippen molar-refractivity contribution in [2.24, 2.45) is 0 Å². The number of anilines is 1. The van der Waals surface area contributed by atoms with Gasteiger partial charge in [-0.25, -0.2) is 0 Å². The molecule has 0 radical (unpaired) electrons. The molecule has 2 N–H and O–H groups in total. The van der Waals surface area contributed by atoms with Crippen LogP contribution >= 0.6 is 15.9 Å². The number of hydrogen-bond acceptors (Lipinski definition) is 4. The average Bonchev–Trinajstić information content (AvgIpc) is 2.71. The molecular weight excluding hydrogens is 270 g/mol. The van der Waals surface area contributed by atoms with Crippen LogP contribution in [0.5, 0.6) is 0 Å². The normalized spacial score (nSPS) is 10.6. The van der Waals surface area contributed by atoms with Gasteiger partial charge in [-0.1, -0.05) is 6.92 Å². The summed E-state index contributed by atoms with van der Waals surface area (Å²) in [5, 5.41) is 11.6. The minimum atomic E-state index is 0.676. The van der Waals surface area contributed by atoms with Crippen molar-refractivity contribution in [1.82, 2.24) is 20.2 Å². The average molecular weight is 282 g/mol. The van der Waals surface area contributed by atoms with E-state index >= 15 is 0 Å². The Labute approximate surface area is 102 Å². The van der Waals surface area contributed by atoms with Crippen LogP contribution in [-0.2, 0) is 6.42 Å². The smallest absolute Gasteiger partial charge is 0.156 e. The lowest BCUT2D eigenvalue weighted by atomic mass is 10.2. The predicted molar refractivity (Wildman–Crippen MR) is 65.3 cm³/mol. The standard InChI is InChI=1S/C10H12BrN5/c1-2-3-10-13-14-15-16(10)7-4-5-8(11)9(12)6-7/h4-6H,2-3,12H2,1H3. The Kier molecular flexibility index (Phi) is 3.19. The SMILES string of the molecule is CCCc1nnnn1-c1ccc(Br)c(N)c1. The third-order valence-electron chi connectivity index (χ3n) is 2.23. The molecule has 1 heterocycles. The molecular formula is C10H12BrN5. The van der Waals surface area contributed by atoms with Crippen molar-refractivity contribution >= 4 is 21.6 Å². The van der Waals surface area contributed by atoms with E-state index in [1.54, 1.807) is 4.68 Å². The number of aromatic nitrogens is 4. The molecule has 5 nitrogen and oxygen atoms in total. The summed E-state index contributed by atoms with van der Waals surface area (Å²) in [6.07, 6.45) is 1.86. The van der Waals surface area contributed by atoms with E-state index in [0.29, 0.717) is 5.69 Å². The van der Waals surface area contributed by atoms with Crippen molar-refractivity contribution < 1.29 is 0 Å². The van der Waals surface area contributed by atoms with Crippen LogP contribution in [0.25, 0.3) is 5.69 Å². The number of nitrogen functional groups attached to an aromatic ring is 1. The van der Waals surface area contributed by atoms with Crippen LogP contribution in [0.4, 0.5) is 5.69 Å². The number of nitrogens with zero attached hydrogens (tertiary/aromatic N) is 4. The van der Waals surface area contributed by atoms with E-state index in [1.165, 1.54) is 0 Å². The van der Waals surface area contributed by atoms with Gasteiger partial charge in [-0.05, 0) is 51.0 Å². The van der Waals surface area contributed by atoms with Gasteiger partial charge < -0.3 is 5.73 Å². The maximum atomic E-state index is 5.82. The molecule has 84 valence electrons. The van der Waals surface area contributed by atoms with E-state index < -0.39 is 0 Å². The lowest BCUT2D eigenvalue weighted by Crippen LogP contribution is -2.03. The molecule has 0 amide bonds. The fourth-order valence-electron chi connectivity index (χ4n) is 1.45. The van der Waals surface area contributed by atoms with Gasteiger partial charge in [0.05, 0.1) is 5.69 Å². The Hall–Kier alpha value is -1.43. The Morgan fingerprint density at radius 1 is 1.44 bits per heavy atom. The lowest BCUT2D eigenvalue weighted by molar-refractivity contribution is 0.745. The van der Waals surface area contributed by atoms with Crippen LogP contribution in [0.2, 0.25) is 0 Å². The summed E-state index contributed by atoms with van der Waals surface area (Å²) in [7, 11) is 0. The second-order valence-electron chi connectivity index (χ2n) is 3.46. The molecule has 0 aliphatic rings. The molecule has 1 aromatic heterocycles. The highest BCUT2D eigenvalue weighted by Gasteiger charge is 2.08. The van der Waals surface area contributed by atoms with Crippen molar-refractivity contribution in [3.8, 4) is 5.69 Å². The van der Waals surface area contributed by atoms with E-state index in [2.05, 4.69) is 38.4 Å². The molecule has 0 bridgehead atoms. The molecule has 0 aliphatic carbocycles. The summed E-state index contributed by atoms with van der Waals surface area (Å²) < 4.78 is 2.59. The third kappa shape index (κ3) is 2.06. The number of benzene rings is 1.